The Hall–Kier alpha value is -2.29. The van der Waals surface area contributed by atoms with Crippen LogP contribution in [0.2, 0.25) is 0 Å². The van der Waals surface area contributed by atoms with Crippen molar-refractivity contribution in [2.24, 2.45) is 0 Å². The molecule has 0 radical (unpaired) electrons. The van der Waals surface area contributed by atoms with Gasteiger partial charge in [-0.2, -0.15) is 0 Å². The number of aryl methyl sites for hydroxylation is 1. The van der Waals surface area contributed by atoms with Crippen molar-refractivity contribution >= 4 is 40.2 Å². The van der Waals surface area contributed by atoms with Crippen LogP contribution in [0.4, 0.5) is 5.13 Å². The molecule has 2 heterocycles. The highest BCUT2D eigenvalue weighted by Gasteiger charge is 2.29. The van der Waals surface area contributed by atoms with Crippen molar-refractivity contribution in [3.05, 3.63) is 10.6 Å². The van der Waals surface area contributed by atoms with Gasteiger partial charge >= 0.3 is 5.97 Å². The number of esters is 1. The fourth-order valence-electron chi connectivity index (χ4n) is 2.10. The van der Waals surface area contributed by atoms with E-state index in [2.05, 4.69) is 10.3 Å². The minimum Gasteiger partial charge on any atom is -0.462 e. The SMILES string of the molecule is CCOC(=O)c1sc(NC(=O)CCN2C(=O)CCC2=O)nc1C. The molecule has 124 valence electrons. The molecule has 1 aliphatic heterocycles. The molecule has 23 heavy (non-hydrogen) atoms. The molecular weight excluding hydrogens is 322 g/mol. The number of thiazole rings is 1. The number of nitrogens with zero attached hydrogens (tertiary/aromatic N) is 2. The van der Waals surface area contributed by atoms with E-state index in [4.69, 9.17) is 4.74 Å². The zero-order chi connectivity index (χ0) is 17.0. The summed E-state index contributed by atoms with van der Waals surface area (Å²) in [5, 5.41) is 2.85. The van der Waals surface area contributed by atoms with Gasteiger partial charge in [0.25, 0.3) is 0 Å². The minimum atomic E-state index is -0.476. The number of anilines is 1. The molecule has 9 heteroatoms. The highest BCUT2D eigenvalue weighted by atomic mass is 32.1. The molecule has 0 aromatic carbocycles. The van der Waals surface area contributed by atoms with Crippen LogP contribution in [0, 0.1) is 6.92 Å². The summed E-state index contributed by atoms with van der Waals surface area (Å²) in [6.07, 6.45) is 0.398. The number of carbonyl (C=O) groups is 4. The number of hydrogen-bond acceptors (Lipinski definition) is 7. The zero-order valence-electron chi connectivity index (χ0n) is 12.9. The zero-order valence-corrected chi connectivity index (χ0v) is 13.7. The van der Waals surface area contributed by atoms with E-state index >= 15 is 0 Å². The summed E-state index contributed by atoms with van der Waals surface area (Å²) in [5.74, 6) is -1.35. The first-order valence-corrected chi connectivity index (χ1v) is 8.01. The summed E-state index contributed by atoms with van der Waals surface area (Å²) in [7, 11) is 0. The van der Waals surface area contributed by atoms with Gasteiger partial charge in [0.05, 0.1) is 12.3 Å². The summed E-state index contributed by atoms with van der Waals surface area (Å²) in [6, 6.07) is 0. The third-order valence-electron chi connectivity index (χ3n) is 3.22. The van der Waals surface area contributed by atoms with Crippen molar-refractivity contribution in [3.8, 4) is 0 Å². The van der Waals surface area contributed by atoms with Gasteiger partial charge in [0.15, 0.2) is 5.13 Å². The molecule has 1 N–H and O–H groups in total. The van der Waals surface area contributed by atoms with Gasteiger partial charge < -0.3 is 10.1 Å². The first-order chi connectivity index (χ1) is 10.9. The van der Waals surface area contributed by atoms with Gasteiger partial charge in [-0.05, 0) is 13.8 Å². The maximum absolute atomic E-state index is 11.9. The summed E-state index contributed by atoms with van der Waals surface area (Å²) in [4.78, 5) is 52.0. The molecule has 1 fully saturated rings. The van der Waals surface area contributed by atoms with E-state index in [0.717, 1.165) is 16.2 Å². The maximum Gasteiger partial charge on any atom is 0.350 e. The molecule has 0 atom stereocenters. The van der Waals surface area contributed by atoms with Crippen LogP contribution in [-0.4, -0.2) is 46.7 Å². The molecule has 8 nitrogen and oxygen atoms in total. The molecule has 1 aromatic heterocycles. The van der Waals surface area contributed by atoms with Gasteiger partial charge in [-0.25, -0.2) is 9.78 Å². The van der Waals surface area contributed by atoms with Crippen LogP contribution in [0.3, 0.4) is 0 Å². The number of rotatable bonds is 6. The summed E-state index contributed by atoms with van der Waals surface area (Å²) in [6.45, 7) is 3.67. The lowest BCUT2D eigenvalue weighted by molar-refractivity contribution is -0.138. The monoisotopic (exact) mass is 339 g/mol. The minimum absolute atomic E-state index is 0.00908. The van der Waals surface area contributed by atoms with Crippen LogP contribution in [-0.2, 0) is 19.1 Å². The molecule has 1 aliphatic rings. The topological polar surface area (TPSA) is 106 Å². The molecule has 0 unspecified atom stereocenters. The second-order valence-corrected chi connectivity index (χ2v) is 5.89. The second kappa shape index (κ2) is 7.32. The van der Waals surface area contributed by atoms with Crippen molar-refractivity contribution in [2.75, 3.05) is 18.5 Å². The van der Waals surface area contributed by atoms with Gasteiger partial charge in [-0.1, -0.05) is 11.3 Å². The Morgan fingerprint density at radius 1 is 1.30 bits per heavy atom. The molecule has 0 spiro atoms. The van der Waals surface area contributed by atoms with E-state index < -0.39 is 5.97 Å². The van der Waals surface area contributed by atoms with Crippen molar-refractivity contribution in [2.45, 2.75) is 33.1 Å². The van der Waals surface area contributed by atoms with E-state index in [1.807, 2.05) is 0 Å². The van der Waals surface area contributed by atoms with Crippen LogP contribution in [0.25, 0.3) is 0 Å². The molecule has 0 saturated carbocycles. The summed E-state index contributed by atoms with van der Waals surface area (Å²) < 4.78 is 4.90. The van der Waals surface area contributed by atoms with Crippen LogP contribution in [0.1, 0.15) is 41.6 Å². The number of ether oxygens (including phenoxy) is 1. The fourth-order valence-corrected chi connectivity index (χ4v) is 2.98. The Labute approximate surface area is 136 Å². The van der Waals surface area contributed by atoms with Gasteiger partial charge in [0.1, 0.15) is 4.88 Å². The largest absolute Gasteiger partial charge is 0.462 e. The Bertz CT molecular complexity index is 639. The number of carbonyl (C=O) groups excluding carboxylic acids is 4. The van der Waals surface area contributed by atoms with E-state index in [1.165, 1.54) is 0 Å². The Balaban J connectivity index is 1.90. The lowest BCUT2D eigenvalue weighted by Crippen LogP contribution is -2.32. The highest BCUT2D eigenvalue weighted by Crippen LogP contribution is 2.23. The quantitative estimate of drug-likeness (QED) is 0.615. The first kappa shape index (κ1) is 17.1. The predicted octanol–water partition coefficient (Wildman–Crippen LogP) is 1.11. The molecular formula is C14H17N3O5S. The van der Waals surface area contributed by atoms with Gasteiger partial charge in [0.2, 0.25) is 17.7 Å². The van der Waals surface area contributed by atoms with Crippen LogP contribution < -0.4 is 5.32 Å². The van der Waals surface area contributed by atoms with Gasteiger partial charge in [-0.3, -0.25) is 19.3 Å². The number of likely N-dealkylation sites (tertiary alicyclic amines) is 1. The Morgan fingerprint density at radius 3 is 2.57 bits per heavy atom. The molecule has 0 bridgehead atoms. The number of aromatic nitrogens is 1. The first-order valence-electron chi connectivity index (χ1n) is 7.20. The third-order valence-corrected chi connectivity index (χ3v) is 4.27. The van der Waals surface area contributed by atoms with E-state index in [0.29, 0.717) is 10.6 Å². The number of imide groups is 1. The lowest BCUT2D eigenvalue weighted by atomic mass is 10.3. The standard InChI is InChI=1S/C14H17N3O5S/c1-3-22-13(21)12-8(2)15-14(23-12)16-9(18)6-7-17-10(19)4-5-11(17)20/h3-7H2,1-2H3,(H,15,16,18). The fraction of sp³-hybridized carbons (Fsp3) is 0.500. The second-order valence-electron chi connectivity index (χ2n) is 4.89. The average molecular weight is 339 g/mol. The van der Waals surface area contributed by atoms with Crippen LogP contribution in [0.5, 0.6) is 0 Å². The van der Waals surface area contributed by atoms with Crippen molar-refractivity contribution in [1.82, 2.24) is 9.88 Å². The molecule has 2 rings (SSSR count). The third kappa shape index (κ3) is 4.13. The van der Waals surface area contributed by atoms with E-state index in [9.17, 15) is 19.2 Å². The van der Waals surface area contributed by atoms with Crippen molar-refractivity contribution in [1.29, 1.82) is 0 Å². The smallest absolute Gasteiger partial charge is 0.350 e. The normalized spacial score (nSPS) is 14.3. The Morgan fingerprint density at radius 2 is 1.96 bits per heavy atom. The van der Waals surface area contributed by atoms with E-state index in [1.54, 1.807) is 13.8 Å². The summed E-state index contributed by atoms with van der Waals surface area (Å²) >= 11 is 1.03. The number of hydrogen-bond donors (Lipinski definition) is 1. The molecule has 1 saturated heterocycles. The van der Waals surface area contributed by atoms with Gasteiger partial charge in [-0.15, -0.1) is 0 Å². The molecule has 0 aliphatic carbocycles. The summed E-state index contributed by atoms with van der Waals surface area (Å²) in [5.41, 5.74) is 0.480. The predicted molar refractivity (Wildman–Crippen MR) is 82.0 cm³/mol. The maximum atomic E-state index is 11.9. The van der Waals surface area contributed by atoms with Crippen LogP contribution in [0.15, 0.2) is 0 Å². The van der Waals surface area contributed by atoms with Crippen molar-refractivity contribution < 1.29 is 23.9 Å². The number of nitrogens with one attached hydrogen (secondary N) is 1. The Kier molecular flexibility index (Phi) is 5.43. The number of amides is 3. The lowest BCUT2D eigenvalue weighted by Gasteiger charge is -2.12. The van der Waals surface area contributed by atoms with Gasteiger partial charge in [0, 0.05) is 25.8 Å². The molecule has 1 aromatic rings. The van der Waals surface area contributed by atoms with Crippen LogP contribution >= 0.6 is 11.3 Å². The average Bonchev–Trinajstić information content (AvgIpc) is 3.00. The molecule has 3 amide bonds. The highest BCUT2D eigenvalue weighted by molar-refractivity contribution is 7.17. The van der Waals surface area contributed by atoms with Crippen molar-refractivity contribution in [3.63, 3.8) is 0 Å². The van der Waals surface area contributed by atoms with E-state index in [-0.39, 0.29) is 55.3 Å².